The molecule has 2 aromatic rings. The second-order valence-electron chi connectivity index (χ2n) is 12.0. The van der Waals surface area contributed by atoms with E-state index < -0.39 is 37.9 Å². The van der Waals surface area contributed by atoms with Crippen molar-refractivity contribution in [1.29, 1.82) is 0 Å². The van der Waals surface area contributed by atoms with Gasteiger partial charge in [0, 0.05) is 19.1 Å². The summed E-state index contributed by atoms with van der Waals surface area (Å²) in [4.78, 5) is 26.9. The fraction of sp³-hybridized carbons (Fsp3) is 0.455. The molecular weight excluding hydrogens is 518 g/mol. The number of nitrogens with zero attached hydrogens (tertiary/aromatic N) is 1. The summed E-state index contributed by atoms with van der Waals surface area (Å²) >= 11 is 0. The van der Waals surface area contributed by atoms with Crippen LogP contribution in [0.1, 0.15) is 61.3 Å². The first kappa shape index (κ1) is 33.0. The summed E-state index contributed by atoms with van der Waals surface area (Å²) in [6, 6.07) is 19.8. The van der Waals surface area contributed by atoms with Crippen LogP contribution in [0.25, 0.3) is 0 Å². The molecule has 0 spiro atoms. The summed E-state index contributed by atoms with van der Waals surface area (Å²) in [6.45, 7) is 18.1. The topological polar surface area (TPSA) is 76.1 Å². The molecule has 0 aliphatic carbocycles. The minimum absolute atomic E-state index is 0.0680. The Morgan fingerprint density at radius 2 is 1.50 bits per heavy atom. The van der Waals surface area contributed by atoms with E-state index in [1.807, 2.05) is 31.2 Å². The number of carboxylic acids is 1. The van der Waals surface area contributed by atoms with Gasteiger partial charge in [-0.2, -0.15) is 0 Å². The molecular formula is C33H47NO5Si. The van der Waals surface area contributed by atoms with Gasteiger partial charge in [-0.25, -0.2) is 9.59 Å². The smallest absolute Gasteiger partial charge is 0.411 e. The fourth-order valence-electron chi connectivity index (χ4n) is 5.22. The molecule has 0 aliphatic rings. The van der Waals surface area contributed by atoms with E-state index in [-0.39, 0.29) is 11.6 Å². The van der Waals surface area contributed by atoms with Gasteiger partial charge in [0.2, 0.25) is 0 Å². The molecule has 0 aromatic heterocycles. The van der Waals surface area contributed by atoms with Crippen molar-refractivity contribution in [2.75, 3.05) is 13.2 Å². The number of amides is 1. The largest absolute Gasteiger partial charge is 0.480 e. The highest BCUT2D eigenvalue weighted by Gasteiger charge is 2.50. The zero-order chi connectivity index (χ0) is 30.0. The Morgan fingerprint density at radius 3 is 1.90 bits per heavy atom. The lowest BCUT2D eigenvalue weighted by molar-refractivity contribution is -0.144. The molecule has 0 saturated carbocycles. The maximum absolute atomic E-state index is 13.0. The third-order valence-corrected chi connectivity index (χ3v) is 11.8. The highest BCUT2D eigenvalue weighted by atomic mass is 28.4. The molecule has 2 aromatic carbocycles. The fourth-order valence-corrected chi connectivity index (χ4v) is 9.83. The van der Waals surface area contributed by atoms with Gasteiger partial charge >= 0.3 is 12.1 Å². The van der Waals surface area contributed by atoms with Gasteiger partial charge in [0.25, 0.3) is 8.32 Å². The number of hydrogen-bond donors (Lipinski definition) is 1. The van der Waals surface area contributed by atoms with Crippen molar-refractivity contribution in [2.24, 2.45) is 5.92 Å². The Bertz CT molecular complexity index is 1080. The van der Waals surface area contributed by atoms with Crippen molar-refractivity contribution in [3.8, 4) is 0 Å². The van der Waals surface area contributed by atoms with Crippen molar-refractivity contribution in [3.63, 3.8) is 0 Å². The van der Waals surface area contributed by atoms with Gasteiger partial charge in [-0.15, -0.1) is 6.58 Å². The van der Waals surface area contributed by atoms with Crippen LogP contribution in [0.2, 0.25) is 5.04 Å². The lowest BCUT2D eigenvalue weighted by Gasteiger charge is -2.43. The first-order chi connectivity index (χ1) is 18.8. The lowest BCUT2D eigenvalue weighted by Crippen LogP contribution is -2.66. The average molecular weight is 566 g/mol. The maximum Gasteiger partial charge on any atom is 0.411 e. The van der Waals surface area contributed by atoms with Crippen LogP contribution in [0.15, 0.2) is 85.5 Å². The number of ether oxygens (including phenoxy) is 1. The number of rotatable bonds is 13. The summed E-state index contributed by atoms with van der Waals surface area (Å²) in [6.07, 6.45) is 5.71. The number of aliphatic carboxylic acids is 1. The van der Waals surface area contributed by atoms with E-state index in [2.05, 4.69) is 75.9 Å². The molecule has 0 radical (unpaired) electrons. The van der Waals surface area contributed by atoms with Crippen molar-refractivity contribution in [2.45, 2.75) is 78.0 Å². The molecule has 0 fully saturated rings. The van der Waals surface area contributed by atoms with Gasteiger partial charge < -0.3 is 14.3 Å². The highest BCUT2D eigenvalue weighted by molar-refractivity contribution is 6.99. The quantitative estimate of drug-likeness (QED) is 0.173. The Hall–Kier alpha value is -3.16. The van der Waals surface area contributed by atoms with Gasteiger partial charge in [-0.05, 0) is 55.9 Å². The van der Waals surface area contributed by atoms with Gasteiger partial charge in [0.1, 0.15) is 11.6 Å². The van der Waals surface area contributed by atoms with Crippen LogP contribution in [0.4, 0.5) is 4.79 Å². The van der Waals surface area contributed by atoms with Crippen LogP contribution in [0.5, 0.6) is 0 Å². The van der Waals surface area contributed by atoms with Crippen LogP contribution in [-0.2, 0) is 14.0 Å². The first-order valence-electron chi connectivity index (χ1n) is 14.0. The molecule has 1 amide bonds. The van der Waals surface area contributed by atoms with Crippen LogP contribution < -0.4 is 10.4 Å². The Labute approximate surface area is 241 Å². The average Bonchev–Trinajstić information content (AvgIpc) is 2.87. The van der Waals surface area contributed by atoms with Crippen LogP contribution in [0.3, 0.4) is 0 Å². The van der Waals surface area contributed by atoms with E-state index in [1.54, 1.807) is 20.8 Å². The molecule has 40 heavy (non-hydrogen) atoms. The number of allylic oxidation sites excluding steroid dienone is 1. The third-order valence-electron chi connectivity index (χ3n) is 6.80. The van der Waals surface area contributed by atoms with Crippen molar-refractivity contribution in [3.05, 3.63) is 85.5 Å². The second-order valence-corrected chi connectivity index (χ2v) is 16.4. The molecule has 0 bridgehead atoms. The standard InChI is InChI=1S/C33H47NO5Si/c1-9-18-26(29(30(35)36)34(24-10-2)31(37)39-32(3,4)5)19-17-25-38-40(33(6,7)8,27-20-13-11-14-21-27)28-22-15-12-16-23-28/h9-16,18,20-23,26,29H,2,17,19,24-25H2,1,3-8H3,(H,35,36)/b18-9+/t26-,29+/m0/s1. The molecule has 2 atom stereocenters. The van der Waals surface area contributed by atoms with E-state index >= 15 is 0 Å². The first-order valence-corrected chi connectivity index (χ1v) is 15.9. The number of carbonyl (C=O) groups excluding carboxylic acids is 1. The van der Waals surface area contributed by atoms with Crippen LogP contribution in [0, 0.1) is 5.92 Å². The minimum atomic E-state index is -2.70. The molecule has 218 valence electrons. The maximum atomic E-state index is 13.0. The summed E-state index contributed by atoms with van der Waals surface area (Å²) in [5.41, 5.74) is -0.751. The van der Waals surface area contributed by atoms with E-state index in [4.69, 9.17) is 9.16 Å². The molecule has 2 rings (SSSR count). The Balaban J connectivity index is 2.36. The summed E-state index contributed by atoms with van der Waals surface area (Å²) in [5, 5.41) is 12.5. The molecule has 6 nitrogen and oxygen atoms in total. The summed E-state index contributed by atoms with van der Waals surface area (Å²) in [5.74, 6) is -1.51. The van der Waals surface area contributed by atoms with Crippen LogP contribution >= 0.6 is 0 Å². The molecule has 1 N–H and O–H groups in total. The number of benzene rings is 2. The van der Waals surface area contributed by atoms with Gasteiger partial charge in [0.05, 0.1) is 0 Å². The molecule has 0 aliphatic heterocycles. The van der Waals surface area contributed by atoms with Crippen molar-refractivity contribution >= 4 is 30.8 Å². The number of carboxylic acid groups (broad SMARTS) is 1. The monoisotopic (exact) mass is 565 g/mol. The summed E-state index contributed by atoms with van der Waals surface area (Å²) < 4.78 is 12.6. The van der Waals surface area contributed by atoms with E-state index in [0.29, 0.717) is 19.4 Å². The van der Waals surface area contributed by atoms with Gasteiger partial charge in [0.15, 0.2) is 0 Å². The van der Waals surface area contributed by atoms with Crippen LogP contribution in [-0.4, -0.2) is 55.2 Å². The number of hydrogen-bond acceptors (Lipinski definition) is 4. The highest BCUT2D eigenvalue weighted by Crippen LogP contribution is 2.37. The Morgan fingerprint density at radius 1 is 0.975 bits per heavy atom. The van der Waals surface area contributed by atoms with E-state index in [1.165, 1.54) is 21.3 Å². The minimum Gasteiger partial charge on any atom is -0.480 e. The van der Waals surface area contributed by atoms with E-state index in [9.17, 15) is 14.7 Å². The zero-order valence-electron chi connectivity index (χ0n) is 25.2. The molecule has 0 unspecified atom stereocenters. The third kappa shape index (κ3) is 8.42. The molecule has 0 saturated heterocycles. The molecule has 0 heterocycles. The Kier molecular flexibility index (Phi) is 11.9. The molecule has 7 heteroatoms. The van der Waals surface area contributed by atoms with Gasteiger partial charge in [-0.1, -0.05) is 99.7 Å². The van der Waals surface area contributed by atoms with Crippen molar-refractivity contribution in [1.82, 2.24) is 4.90 Å². The van der Waals surface area contributed by atoms with E-state index in [0.717, 1.165) is 0 Å². The predicted molar refractivity (Wildman–Crippen MR) is 166 cm³/mol. The second kappa shape index (κ2) is 14.5. The van der Waals surface area contributed by atoms with Gasteiger partial charge in [-0.3, -0.25) is 4.90 Å². The predicted octanol–water partition coefficient (Wildman–Crippen LogP) is 6.41. The SMILES string of the molecule is C=CCN(C(=O)OC(C)(C)C)[C@@H](C(=O)O)[C@@H](/C=C/C)CCCO[Si](c1ccccc1)(c1ccccc1)C(C)(C)C. The lowest BCUT2D eigenvalue weighted by atomic mass is 9.92. The normalized spacial score (nSPS) is 14.0. The zero-order valence-corrected chi connectivity index (χ0v) is 26.2. The van der Waals surface area contributed by atoms with Crippen molar-refractivity contribution < 1.29 is 23.9 Å². The summed E-state index contributed by atoms with van der Waals surface area (Å²) in [7, 11) is -2.70. The number of carbonyl (C=O) groups is 2.